The van der Waals surface area contributed by atoms with Crippen molar-refractivity contribution in [3.8, 4) is 17.2 Å². The van der Waals surface area contributed by atoms with E-state index < -0.39 is 11.9 Å². The number of hydrogen-bond donors (Lipinski definition) is 2. The zero-order valence-electron chi connectivity index (χ0n) is 10.7. The van der Waals surface area contributed by atoms with E-state index in [9.17, 15) is 9.90 Å². The van der Waals surface area contributed by atoms with E-state index in [1.54, 1.807) is 12.1 Å². The Bertz CT molecular complexity index is 474. The second-order valence-corrected chi connectivity index (χ2v) is 4.19. The number of ether oxygens (including phenoxy) is 3. The third-order valence-electron chi connectivity index (χ3n) is 3.01. The number of methoxy groups -OCH3 is 1. The van der Waals surface area contributed by atoms with Gasteiger partial charge in [0, 0.05) is 18.5 Å². The van der Waals surface area contributed by atoms with E-state index in [1.807, 2.05) is 0 Å². The van der Waals surface area contributed by atoms with E-state index >= 15 is 0 Å². The van der Waals surface area contributed by atoms with Gasteiger partial charge in [0.05, 0.1) is 26.2 Å². The predicted octanol–water partition coefficient (Wildman–Crippen LogP) is 0.983. The van der Waals surface area contributed by atoms with E-state index in [0.29, 0.717) is 36.0 Å². The molecule has 2 rings (SSSR count). The summed E-state index contributed by atoms with van der Waals surface area (Å²) < 4.78 is 16.4. The number of fused-ring (bicyclic) bond motifs is 1. The molecule has 6 nitrogen and oxygen atoms in total. The molecule has 1 aromatic carbocycles. The summed E-state index contributed by atoms with van der Waals surface area (Å²) in [5.41, 5.74) is 6.03. The number of carbonyl (C=O) groups is 1. The Labute approximate surface area is 111 Å². The molecule has 0 amide bonds. The van der Waals surface area contributed by atoms with Gasteiger partial charge in [0.25, 0.3) is 0 Å². The fourth-order valence-corrected chi connectivity index (χ4v) is 2.07. The van der Waals surface area contributed by atoms with E-state index in [-0.39, 0.29) is 6.54 Å². The molecular formula is C13H17NO5. The number of hydrogen-bond acceptors (Lipinski definition) is 5. The molecule has 0 saturated heterocycles. The first-order chi connectivity index (χ1) is 9.19. The van der Waals surface area contributed by atoms with Crippen LogP contribution in [-0.4, -0.2) is 37.9 Å². The minimum absolute atomic E-state index is 0.00859. The Morgan fingerprint density at radius 3 is 2.84 bits per heavy atom. The highest BCUT2D eigenvalue weighted by atomic mass is 16.5. The lowest BCUT2D eigenvalue weighted by atomic mass is 9.97. The third-order valence-corrected chi connectivity index (χ3v) is 3.01. The maximum atomic E-state index is 11.2. The zero-order valence-corrected chi connectivity index (χ0v) is 10.7. The average molecular weight is 267 g/mol. The van der Waals surface area contributed by atoms with Crippen molar-refractivity contribution in [3.63, 3.8) is 0 Å². The molecule has 1 aliphatic rings. The maximum absolute atomic E-state index is 11.2. The van der Waals surface area contributed by atoms with Crippen LogP contribution in [0.4, 0.5) is 0 Å². The van der Waals surface area contributed by atoms with Gasteiger partial charge < -0.3 is 25.1 Å². The first-order valence-electron chi connectivity index (χ1n) is 6.08. The van der Waals surface area contributed by atoms with Gasteiger partial charge in [-0.3, -0.25) is 4.79 Å². The second kappa shape index (κ2) is 5.79. The van der Waals surface area contributed by atoms with Gasteiger partial charge in [-0.05, 0) is 6.07 Å². The number of carboxylic acids is 1. The highest BCUT2D eigenvalue weighted by Crippen LogP contribution is 2.43. The number of nitrogens with two attached hydrogens (primary N) is 1. The van der Waals surface area contributed by atoms with Crippen molar-refractivity contribution in [1.82, 2.24) is 0 Å². The van der Waals surface area contributed by atoms with Gasteiger partial charge >= 0.3 is 5.97 Å². The normalized spacial score (nSPS) is 15.5. The molecule has 1 heterocycles. The molecule has 0 radical (unpaired) electrons. The van der Waals surface area contributed by atoms with Gasteiger partial charge in [0.15, 0.2) is 11.5 Å². The molecule has 0 aromatic heterocycles. The van der Waals surface area contributed by atoms with Crippen molar-refractivity contribution < 1.29 is 24.1 Å². The monoisotopic (exact) mass is 267 g/mol. The molecule has 0 saturated carbocycles. The van der Waals surface area contributed by atoms with Gasteiger partial charge in [-0.25, -0.2) is 0 Å². The minimum atomic E-state index is -0.990. The highest BCUT2D eigenvalue weighted by Gasteiger charge is 2.27. The summed E-state index contributed by atoms with van der Waals surface area (Å²) in [6, 6.07) is 3.36. The van der Waals surface area contributed by atoms with E-state index in [2.05, 4.69) is 0 Å². The Balaban J connectivity index is 2.50. The van der Waals surface area contributed by atoms with Crippen LogP contribution in [0.15, 0.2) is 12.1 Å². The Kier molecular flexibility index (Phi) is 4.11. The Hall–Kier alpha value is -1.95. The largest absolute Gasteiger partial charge is 0.492 e. The summed E-state index contributed by atoms with van der Waals surface area (Å²) in [7, 11) is 1.47. The molecule has 104 valence electrons. The van der Waals surface area contributed by atoms with Gasteiger partial charge in [-0.15, -0.1) is 0 Å². The smallest absolute Gasteiger partial charge is 0.312 e. The number of aliphatic carboxylic acids is 1. The van der Waals surface area contributed by atoms with E-state index in [0.717, 1.165) is 6.42 Å². The van der Waals surface area contributed by atoms with Crippen LogP contribution >= 0.6 is 0 Å². The molecule has 19 heavy (non-hydrogen) atoms. The van der Waals surface area contributed by atoms with Crippen LogP contribution in [0.1, 0.15) is 17.9 Å². The van der Waals surface area contributed by atoms with Crippen molar-refractivity contribution >= 4 is 5.97 Å². The SMILES string of the molecule is COc1c(C(CN)C(=O)O)ccc2c1OCCCO2. The lowest BCUT2D eigenvalue weighted by Crippen LogP contribution is -2.22. The Morgan fingerprint density at radius 1 is 1.47 bits per heavy atom. The molecular weight excluding hydrogens is 250 g/mol. The van der Waals surface area contributed by atoms with Crippen LogP contribution in [0.2, 0.25) is 0 Å². The standard InChI is InChI=1S/C13H17NO5/c1-17-11-8(9(7-14)13(15)16)3-4-10-12(11)19-6-2-5-18-10/h3-4,9H,2,5-7,14H2,1H3,(H,15,16). The lowest BCUT2D eigenvalue weighted by Gasteiger charge is -2.18. The zero-order chi connectivity index (χ0) is 13.8. The van der Waals surface area contributed by atoms with Crippen molar-refractivity contribution in [2.45, 2.75) is 12.3 Å². The van der Waals surface area contributed by atoms with Crippen molar-refractivity contribution in [3.05, 3.63) is 17.7 Å². The van der Waals surface area contributed by atoms with Crippen molar-refractivity contribution in [1.29, 1.82) is 0 Å². The number of carboxylic acid groups (broad SMARTS) is 1. The van der Waals surface area contributed by atoms with Crippen molar-refractivity contribution in [2.75, 3.05) is 26.9 Å². The molecule has 0 aliphatic carbocycles. The topological polar surface area (TPSA) is 91.0 Å². The van der Waals surface area contributed by atoms with Crippen LogP contribution in [0.3, 0.4) is 0 Å². The van der Waals surface area contributed by atoms with Crippen LogP contribution in [0, 0.1) is 0 Å². The molecule has 0 spiro atoms. The maximum Gasteiger partial charge on any atom is 0.312 e. The summed E-state index contributed by atoms with van der Waals surface area (Å²) in [4.78, 5) is 11.2. The second-order valence-electron chi connectivity index (χ2n) is 4.19. The first kappa shape index (κ1) is 13.5. The molecule has 1 unspecified atom stereocenters. The minimum Gasteiger partial charge on any atom is -0.492 e. The van der Waals surface area contributed by atoms with E-state index in [4.69, 9.17) is 19.9 Å². The van der Waals surface area contributed by atoms with Crippen LogP contribution < -0.4 is 19.9 Å². The molecule has 0 bridgehead atoms. The van der Waals surface area contributed by atoms with Crippen molar-refractivity contribution in [2.24, 2.45) is 5.73 Å². The van der Waals surface area contributed by atoms with Crippen LogP contribution in [-0.2, 0) is 4.79 Å². The van der Waals surface area contributed by atoms with Gasteiger partial charge in [0.2, 0.25) is 5.75 Å². The molecule has 1 aliphatic heterocycles. The van der Waals surface area contributed by atoms with Crippen LogP contribution in [0.25, 0.3) is 0 Å². The molecule has 6 heteroatoms. The van der Waals surface area contributed by atoms with E-state index in [1.165, 1.54) is 7.11 Å². The molecule has 0 fully saturated rings. The third kappa shape index (κ3) is 2.58. The Morgan fingerprint density at radius 2 is 2.21 bits per heavy atom. The summed E-state index contributed by atoms with van der Waals surface area (Å²) in [5.74, 6) is -0.406. The fraction of sp³-hybridized carbons (Fsp3) is 0.462. The average Bonchev–Trinajstić information content (AvgIpc) is 2.64. The fourth-order valence-electron chi connectivity index (χ4n) is 2.07. The van der Waals surface area contributed by atoms with Gasteiger partial charge in [-0.2, -0.15) is 0 Å². The lowest BCUT2D eigenvalue weighted by molar-refractivity contribution is -0.138. The molecule has 1 aromatic rings. The first-order valence-corrected chi connectivity index (χ1v) is 6.08. The highest BCUT2D eigenvalue weighted by molar-refractivity contribution is 5.78. The summed E-state index contributed by atoms with van der Waals surface area (Å²) in [6.45, 7) is 1.06. The number of benzene rings is 1. The van der Waals surface area contributed by atoms with Gasteiger partial charge in [-0.1, -0.05) is 6.07 Å². The quantitative estimate of drug-likeness (QED) is 0.845. The predicted molar refractivity (Wildman–Crippen MR) is 68.0 cm³/mol. The summed E-state index contributed by atoms with van der Waals surface area (Å²) in [6.07, 6.45) is 0.770. The molecule has 3 N–H and O–H groups in total. The number of rotatable bonds is 4. The van der Waals surface area contributed by atoms with Crippen LogP contribution in [0.5, 0.6) is 17.2 Å². The van der Waals surface area contributed by atoms with Gasteiger partial charge in [0.1, 0.15) is 0 Å². The summed E-state index contributed by atoms with van der Waals surface area (Å²) >= 11 is 0. The molecule has 1 atom stereocenters. The summed E-state index contributed by atoms with van der Waals surface area (Å²) in [5, 5.41) is 9.20.